The van der Waals surface area contributed by atoms with E-state index >= 15 is 0 Å². The van der Waals surface area contributed by atoms with E-state index < -0.39 is 0 Å². The number of allylic oxidation sites excluding steroid dienone is 1. The first-order chi connectivity index (χ1) is 10.4. The van der Waals surface area contributed by atoms with Gasteiger partial charge >= 0.3 is 0 Å². The van der Waals surface area contributed by atoms with E-state index in [4.69, 9.17) is 4.74 Å². The van der Waals surface area contributed by atoms with Gasteiger partial charge in [0.2, 0.25) is 5.95 Å². The molecule has 7 heteroatoms. The van der Waals surface area contributed by atoms with Gasteiger partial charge in [-0.05, 0) is 25.8 Å². The number of nitrogens with one attached hydrogen (secondary N) is 3. The molecule has 6 nitrogen and oxygen atoms in total. The summed E-state index contributed by atoms with van der Waals surface area (Å²) in [5.74, 6) is 0.394. The molecule has 0 radical (unpaired) electrons. The molecule has 0 spiro atoms. The Bertz CT molecular complexity index is 791. The van der Waals surface area contributed by atoms with E-state index in [9.17, 15) is 4.79 Å². The highest BCUT2D eigenvalue weighted by Gasteiger charge is 2.30. The number of aromatic nitrogens is 2. The van der Waals surface area contributed by atoms with Crippen molar-refractivity contribution in [2.45, 2.75) is 45.8 Å². The first-order valence-electron chi connectivity index (χ1n) is 7.28. The SMILES string of the molecule is C=C(CC)NNc1nc2sc3c(c2c(=O)[nH]1)CC(C)(C)OC3. The number of anilines is 1. The average Bonchev–Trinajstić information content (AvgIpc) is 2.81. The second kappa shape index (κ2) is 5.40. The maximum atomic E-state index is 12.4. The lowest BCUT2D eigenvalue weighted by Crippen LogP contribution is -2.31. The second-order valence-corrected chi connectivity index (χ2v) is 7.11. The van der Waals surface area contributed by atoms with Gasteiger partial charge in [0.1, 0.15) is 4.83 Å². The number of rotatable bonds is 4. The standard InChI is InChI=1S/C15H20N4O2S/c1-5-8(2)18-19-14-16-12(20)11-9-6-15(3,4)21-7-10(9)22-13(11)17-14/h18H,2,5-7H2,1,3-4H3,(H2,16,17,19,20). The summed E-state index contributed by atoms with van der Waals surface area (Å²) in [5, 5.41) is 0.691. The van der Waals surface area contributed by atoms with E-state index in [-0.39, 0.29) is 11.2 Å². The maximum absolute atomic E-state index is 12.4. The fourth-order valence-electron chi connectivity index (χ4n) is 2.45. The summed E-state index contributed by atoms with van der Waals surface area (Å²) in [6.07, 6.45) is 1.52. The van der Waals surface area contributed by atoms with Crippen molar-refractivity contribution in [1.82, 2.24) is 15.4 Å². The molecule has 0 unspecified atom stereocenters. The third kappa shape index (κ3) is 2.74. The summed E-state index contributed by atoms with van der Waals surface area (Å²) in [5.41, 5.74) is 7.33. The van der Waals surface area contributed by atoms with E-state index in [2.05, 4.69) is 27.4 Å². The molecule has 3 rings (SSSR count). The minimum Gasteiger partial charge on any atom is -0.370 e. The zero-order valence-corrected chi connectivity index (χ0v) is 13.8. The van der Waals surface area contributed by atoms with Gasteiger partial charge in [0.25, 0.3) is 5.56 Å². The molecule has 3 heterocycles. The van der Waals surface area contributed by atoms with Gasteiger partial charge in [0.05, 0.1) is 17.6 Å². The Morgan fingerprint density at radius 3 is 3.05 bits per heavy atom. The largest absolute Gasteiger partial charge is 0.370 e. The number of aromatic amines is 1. The summed E-state index contributed by atoms with van der Waals surface area (Å²) in [4.78, 5) is 21.5. The number of H-pyrrole nitrogens is 1. The molecule has 118 valence electrons. The number of ether oxygens (including phenoxy) is 1. The van der Waals surface area contributed by atoms with Crippen molar-refractivity contribution in [3.63, 3.8) is 0 Å². The van der Waals surface area contributed by atoms with Crippen molar-refractivity contribution in [3.8, 4) is 0 Å². The fraction of sp³-hybridized carbons (Fsp3) is 0.467. The molecule has 0 fully saturated rings. The highest BCUT2D eigenvalue weighted by Crippen LogP contribution is 2.36. The van der Waals surface area contributed by atoms with Gasteiger partial charge in [-0.1, -0.05) is 13.5 Å². The van der Waals surface area contributed by atoms with Gasteiger partial charge in [-0.15, -0.1) is 11.3 Å². The van der Waals surface area contributed by atoms with Crippen molar-refractivity contribution in [2.24, 2.45) is 0 Å². The molecular formula is C15H20N4O2S. The molecule has 3 N–H and O–H groups in total. The smallest absolute Gasteiger partial charge is 0.261 e. The molecule has 0 atom stereocenters. The zero-order valence-electron chi connectivity index (χ0n) is 13.0. The van der Waals surface area contributed by atoms with Crippen LogP contribution in [-0.4, -0.2) is 15.6 Å². The number of hydrogen-bond acceptors (Lipinski definition) is 6. The van der Waals surface area contributed by atoms with E-state index in [1.54, 1.807) is 0 Å². The molecule has 0 amide bonds. The molecular weight excluding hydrogens is 300 g/mol. The molecule has 1 aliphatic rings. The first kappa shape index (κ1) is 15.1. The number of fused-ring (bicyclic) bond motifs is 3. The van der Waals surface area contributed by atoms with E-state index in [1.165, 1.54) is 11.3 Å². The lowest BCUT2D eigenvalue weighted by molar-refractivity contribution is -0.0379. The van der Waals surface area contributed by atoms with E-state index in [1.807, 2.05) is 20.8 Å². The van der Waals surface area contributed by atoms with Gasteiger partial charge < -0.3 is 10.2 Å². The highest BCUT2D eigenvalue weighted by molar-refractivity contribution is 7.18. The molecule has 0 saturated heterocycles. The third-order valence-corrected chi connectivity index (χ3v) is 4.82. The van der Waals surface area contributed by atoms with Crippen LogP contribution in [0.3, 0.4) is 0 Å². The lowest BCUT2D eigenvalue weighted by atomic mass is 9.94. The van der Waals surface area contributed by atoms with Gasteiger partial charge in [0, 0.05) is 17.0 Å². The Labute approximate surface area is 132 Å². The van der Waals surface area contributed by atoms with Crippen molar-refractivity contribution < 1.29 is 4.74 Å². The van der Waals surface area contributed by atoms with Crippen molar-refractivity contribution in [1.29, 1.82) is 0 Å². The topological polar surface area (TPSA) is 79.0 Å². The van der Waals surface area contributed by atoms with Crippen molar-refractivity contribution in [3.05, 3.63) is 33.1 Å². The van der Waals surface area contributed by atoms with Gasteiger partial charge in [-0.3, -0.25) is 15.2 Å². The Kier molecular flexibility index (Phi) is 3.70. The number of nitrogens with zero attached hydrogens (tertiary/aromatic N) is 1. The zero-order chi connectivity index (χ0) is 15.9. The quantitative estimate of drug-likeness (QED) is 0.755. The summed E-state index contributed by atoms with van der Waals surface area (Å²) < 4.78 is 5.82. The van der Waals surface area contributed by atoms with Gasteiger partial charge in [-0.25, -0.2) is 4.98 Å². The predicted octanol–water partition coefficient (Wildman–Crippen LogP) is 2.68. The maximum Gasteiger partial charge on any atom is 0.261 e. The molecule has 0 aliphatic carbocycles. The van der Waals surface area contributed by atoms with Crippen LogP contribution >= 0.6 is 11.3 Å². The summed E-state index contributed by atoms with van der Waals surface area (Å²) in [6.45, 7) is 10.4. The molecule has 2 aromatic rings. The molecule has 22 heavy (non-hydrogen) atoms. The van der Waals surface area contributed by atoms with Gasteiger partial charge in [0.15, 0.2) is 0 Å². The van der Waals surface area contributed by atoms with E-state index in [0.717, 1.165) is 33.8 Å². The number of thiophene rings is 1. The first-order valence-corrected chi connectivity index (χ1v) is 8.09. The Balaban J connectivity index is 1.99. The highest BCUT2D eigenvalue weighted by atomic mass is 32.1. The monoisotopic (exact) mass is 320 g/mol. The van der Waals surface area contributed by atoms with Crippen LogP contribution in [0.5, 0.6) is 0 Å². The third-order valence-electron chi connectivity index (χ3n) is 3.73. The van der Waals surface area contributed by atoms with Crippen LogP contribution in [0.4, 0.5) is 5.95 Å². The summed E-state index contributed by atoms with van der Waals surface area (Å²) >= 11 is 1.52. The Morgan fingerprint density at radius 2 is 2.32 bits per heavy atom. The minimum atomic E-state index is -0.245. The molecule has 1 aliphatic heterocycles. The van der Waals surface area contributed by atoms with Crippen LogP contribution in [0, 0.1) is 0 Å². The van der Waals surface area contributed by atoms with Crippen LogP contribution in [0.1, 0.15) is 37.6 Å². The van der Waals surface area contributed by atoms with Crippen LogP contribution < -0.4 is 16.4 Å². The normalized spacial score (nSPS) is 16.3. The van der Waals surface area contributed by atoms with Crippen LogP contribution in [0.2, 0.25) is 0 Å². The predicted molar refractivity (Wildman–Crippen MR) is 89.0 cm³/mol. The van der Waals surface area contributed by atoms with Crippen molar-refractivity contribution in [2.75, 3.05) is 5.43 Å². The number of hydrogen-bond donors (Lipinski definition) is 3. The lowest BCUT2D eigenvalue weighted by Gasteiger charge is -2.29. The summed E-state index contributed by atoms with van der Waals surface area (Å²) in [7, 11) is 0. The number of hydrazine groups is 1. The molecule has 0 bridgehead atoms. The van der Waals surface area contributed by atoms with Crippen LogP contribution in [0.15, 0.2) is 17.1 Å². The van der Waals surface area contributed by atoms with Gasteiger partial charge in [-0.2, -0.15) is 0 Å². The van der Waals surface area contributed by atoms with Crippen molar-refractivity contribution >= 4 is 27.5 Å². The average molecular weight is 320 g/mol. The Morgan fingerprint density at radius 1 is 1.55 bits per heavy atom. The Hall–Kier alpha value is -1.86. The second-order valence-electron chi connectivity index (χ2n) is 6.03. The molecule has 0 saturated carbocycles. The molecule has 2 aromatic heterocycles. The van der Waals surface area contributed by atoms with Crippen LogP contribution in [0.25, 0.3) is 10.2 Å². The minimum absolute atomic E-state index is 0.119. The summed E-state index contributed by atoms with van der Waals surface area (Å²) in [6, 6.07) is 0. The van der Waals surface area contributed by atoms with E-state index in [0.29, 0.717) is 17.9 Å². The fourth-order valence-corrected chi connectivity index (χ4v) is 3.55. The molecule has 0 aromatic carbocycles. The van der Waals surface area contributed by atoms with Crippen LogP contribution in [-0.2, 0) is 17.8 Å².